The second kappa shape index (κ2) is 6.41. The maximum atomic E-state index is 5.40. The van der Waals surface area contributed by atoms with Crippen molar-refractivity contribution in [2.24, 2.45) is 5.73 Å². The number of likely N-dealkylation sites (N-methyl/N-ethyl adjacent to an activating group) is 1. The number of hydrogen-bond donors (Lipinski definition) is 1. The average Bonchev–Trinajstić information content (AvgIpc) is 1.93. The molecule has 3 nitrogen and oxygen atoms in total. The van der Waals surface area contributed by atoms with Crippen LogP contribution in [0, 0.1) is 0 Å². The van der Waals surface area contributed by atoms with E-state index < -0.39 is 0 Å². The molecule has 1 fully saturated rings. The molecule has 0 unspecified atom stereocenters. The molecule has 1 aliphatic heterocycles. The van der Waals surface area contributed by atoms with Gasteiger partial charge in [-0.15, -0.1) is 0 Å². The van der Waals surface area contributed by atoms with Gasteiger partial charge in [0.1, 0.15) is 4.32 Å². The molecule has 1 saturated heterocycles. The third kappa shape index (κ3) is 4.85. The van der Waals surface area contributed by atoms with E-state index in [2.05, 4.69) is 16.3 Å². The molecule has 1 aliphatic rings. The van der Waals surface area contributed by atoms with Gasteiger partial charge >= 0.3 is 0 Å². The fourth-order valence-electron chi connectivity index (χ4n) is 1.01. The van der Waals surface area contributed by atoms with Gasteiger partial charge in [-0.1, -0.05) is 12.2 Å². The average molecular weight is 319 g/mol. The summed E-state index contributed by atoms with van der Waals surface area (Å²) in [6.45, 7) is 4.32. The fourth-order valence-corrected chi connectivity index (χ4v) is 1.92. The van der Waals surface area contributed by atoms with Crippen LogP contribution in [0.4, 0.5) is 0 Å². The minimum absolute atomic E-state index is 0. The summed E-state index contributed by atoms with van der Waals surface area (Å²) in [5.41, 5.74) is 5.40. The Morgan fingerprint density at radius 1 is 1.33 bits per heavy atom. The minimum Gasteiger partial charge on any atom is -0.384 e. The SMILES string of the molecule is CN1CCN(SC(N)=S)CC1.[Te]. The number of rotatable bonds is 1. The van der Waals surface area contributed by atoms with Crippen LogP contribution in [0.2, 0.25) is 0 Å². The van der Waals surface area contributed by atoms with Gasteiger partial charge < -0.3 is 10.6 Å². The Hall–Kier alpha value is 0.950. The van der Waals surface area contributed by atoms with Crippen LogP contribution >= 0.6 is 24.2 Å². The van der Waals surface area contributed by atoms with Crippen LogP contribution in [0.25, 0.3) is 0 Å². The Morgan fingerprint density at radius 3 is 2.25 bits per heavy atom. The van der Waals surface area contributed by atoms with Crippen molar-refractivity contribution in [2.45, 2.75) is 0 Å². The number of thiocarbonyl (C=S) groups is 1. The molecular formula is C6H13N3S2Te. The second-order valence-corrected chi connectivity index (χ2v) is 4.48. The van der Waals surface area contributed by atoms with E-state index in [1.54, 1.807) is 0 Å². The first-order chi connectivity index (χ1) is 5.18. The van der Waals surface area contributed by atoms with E-state index in [4.69, 9.17) is 18.0 Å². The summed E-state index contributed by atoms with van der Waals surface area (Å²) in [5.74, 6) is 0. The van der Waals surface area contributed by atoms with Crippen molar-refractivity contribution in [1.82, 2.24) is 9.21 Å². The van der Waals surface area contributed by atoms with Crippen LogP contribution in [-0.2, 0) is 0 Å². The number of nitrogens with zero attached hydrogens (tertiary/aromatic N) is 2. The fraction of sp³-hybridized carbons (Fsp3) is 0.833. The van der Waals surface area contributed by atoms with Crippen molar-refractivity contribution in [3.05, 3.63) is 0 Å². The molecule has 12 heavy (non-hydrogen) atoms. The van der Waals surface area contributed by atoms with Crippen LogP contribution in [0.15, 0.2) is 0 Å². The minimum atomic E-state index is 0. The maximum absolute atomic E-state index is 5.40. The topological polar surface area (TPSA) is 32.5 Å². The normalized spacial score (nSPS) is 20.1. The number of hydrogen-bond acceptors (Lipinski definition) is 4. The third-order valence-electron chi connectivity index (χ3n) is 1.68. The van der Waals surface area contributed by atoms with E-state index in [0.29, 0.717) is 4.32 Å². The molecule has 0 amide bonds. The van der Waals surface area contributed by atoms with Crippen LogP contribution in [0.1, 0.15) is 0 Å². The molecule has 0 aromatic rings. The molecule has 2 N–H and O–H groups in total. The Balaban J connectivity index is 0.00000121. The van der Waals surface area contributed by atoms with Gasteiger partial charge in [0.15, 0.2) is 0 Å². The molecule has 0 aromatic carbocycles. The standard InChI is InChI=1S/C6H13N3S2.Te/c1-8-2-4-9(5-3-8)11-6(7)10;/h2-5H2,1H3,(H2,7,10);. The van der Waals surface area contributed by atoms with Crippen molar-refractivity contribution in [1.29, 1.82) is 0 Å². The van der Waals surface area contributed by atoms with Crippen molar-refractivity contribution >= 4 is 52.2 Å². The Kier molecular flexibility index (Phi) is 6.92. The molecule has 1 rings (SSSR count). The molecule has 0 aromatic heterocycles. The molecule has 1 heterocycles. The molecule has 0 aliphatic carbocycles. The molecule has 6 heteroatoms. The zero-order valence-electron chi connectivity index (χ0n) is 7.02. The predicted octanol–water partition coefficient (Wildman–Crippen LogP) is -0.255. The van der Waals surface area contributed by atoms with Crippen LogP contribution in [-0.4, -0.2) is 70.4 Å². The molecular weight excluding hydrogens is 306 g/mol. The van der Waals surface area contributed by atoms with Crippen molar-refractivity contribution < 1.29 is 0 Å². The predicted molar refractivity (Wildman–Crippen MR) is 59.2 cm³/mol. The zero-order chi connectivity index (χ0) is 8.27. The van der Waals surface area contributed by atoms with Crippen molar-refractivity contribution in [2.75, 3.05) is 33.2 Å². The van der Waals surface area contributed by atoms with E-state index in [9.17, 15) is 0 Å². The number of nitrogens with two attached hydrogens (primary N) is 1. The molecule has 2 radical (unpaired) electrons. The van der Waals surface area contributed by atoms with Gasteiger partial charge in [-0.05, 0) is 19.0 Å². The van der Waals surface area contributed by atoms with Gasteiger partial charge in [0.2, 0.25) is 0 Å². The van der Waals surface area contributed by atoms with Gasteiger partial charge in [-0.25, -0.2) is 4.31 Å². The molecule has 0 bridgehead atoms. The summed E-state index contributed by atoms with van der Waals surface area (Å²) in [6.07, 6.45) is 0. The Labute approximate surface area is 99.9 Å². The summed E-state index contributed by atoms with van der Waals surface area (Å²) in [5, 5.41) is 0. The first-order valence-corrected chi connectivity index (χ1v) is 4.77. The van der Waals surface area contributed by atoms with Gasteiger partial charge in [-0.3, -0.25) is 0 Å². The summed E-state index contributed by atoms with van der Waals surface area (Å²) in [6, 6.07) is 0. The zero-order valence-corrected chi connectivity index (χ0v) is 11.0. The van der Waals surface area contributed by atoms with Crippen molar-refractivity contribution in [3.8, 4) is 0 Å². The van der Waals surface area contributed by atoms with E-state index in [1.807, 2.05) is 0 Å². The molecule has 70 valence electrons. The van der Waals surface area contributed by atoms with E-state index in [1.165, 1.54) is 11.9 Å². The van der Waals surface area contributed by atoms with E-state index in [-0.39, 0.29) is 23.7 Å². The monoisotopic (exact) mass is 321 g/mol. The van der Waals surface area contributed by atoms with Crippen LogP contribution in [0.3, 0.4) is 0 Å². The molecule has 0 saturated carbocycles. The summed E-state index contributed by atoms with van der Waals surface area (Å²) in [4.78, 5) is 2.30. The Bertz CT molecular complexity index is 148. The van der Waals surface area contributed by atoms with Gasteiger partial charge in [0.05, 0.1) is 0 Å². The smallest absolute Gasteiger partial charge is 0.146 e. The molecule has 0 spiro atoms. The number of piperazine rings is 1. The quantitative estimate of drug-likeness (QED) is 0.409. The summed E-state index contributed by atoms with van der Waals surface area (Å²) < 4.78 is 2.73. The first kappa shape index (κ1) is 12.9. The third-order valence-corrected chi connectivity index (χ3v) is 2.71. The van der Waals surface area contributed by atoms with Gasteiger partial charge in [0, 0.05) is 49.8 Å². The van der Waals surface area contributed by atoms with Crippen LogP contribution < -0.4 is 5.73 Å². The Morgan fingerprint density at radius 2 is 1.83 bits per heavy atom. The van der Waals surface area contributed by atoms with Gasteiger partial charge in [0.25, 0.3) is 0 Å². The maximum Gasteiger partial charge on any atom is 0.146 e. The largest absolute Gasteiger partial charge is 0.384 e. The van der Waals surface area contributed by atoms with E-state index >= 15 is 0 Å². The first-order valence-electron chi connectivity index (χ1n) is 3.59. The van der Waals surface area contributed by atoms with Crippen molar-refractivity contribution in [3.63, 3.8) is 0 Å². The van der Waals surface area contributed by atoms with Crippen LogP contribution in [0.5, 0.6) is 0 Å². The second-order valence-electron chi connectivity index (χ2n) is 2.64. The molecule has 0 atom stereocenters. The summed E-state index contributed by atoms with van der Waals surface area (Å²) in [7, 11) is 2.13. The van der Waals surface area contributed by atoms with Gasteiger partial charge in [-0.2, -0.15) is 0 Å². The van der Waals surface area contributed by atoms with E-state index in [0.717, 1.165) is 26.2 Å². The summed E-state index contributed by atoms with van der Waals surface area (Å²) >= 11 is 6.28.